The number of hydrogen-bond donors (Lipinski definition) is 1. The van der Waals surface area contributed by atoms with Crippen molar-refractivity contribution in [2.75, 3.05) is 12.8 Å². The van der Waals surface area contributed by atoms with Crippen LogP contribution < -0.4 is 10.5 Å². The molecule has 0 bridgehead atoms. The van der Waals surface area contributed by atoms with Crippen molar-refractivity contribution < 1.29 is 4.74 Å². The molecule has 0 aliphatic carbocycles. The summed E-state index contributed by atoms with van der Waals surface area (Å²) in [4.78, 5) is 0. The molecule has 0 saturated heterocycles. The molecule has 2 N–H and O–H groups in total. The second-order valence-electron chi connectivity index (χ2n) is 4.21. The van der Waals surface area contributed by atoms with Gasteiger partial charge in [0, 0.05) is 12.6 Å². The third kappa shape index (κ3) is 1.86. The lowest BCUT2D eigenvalue weighted by Crippen LogP contribution is -1.98. The van der Waals surface area contributed by atoms with Crippen LogP contribution in [0.15, 0.2) is 18.3 Å². The Morgan fingerprint density at radius 3 is 2.24 bits per heavy atom. The zero-order valence-corrected chi connectivity index (χ0v) is 10.6. The molecule has 0 aliphatic heterocycles. The van der Waals surface area contributed by atoms with Crippen molar-refractivity contribution in [1.82, 2.24) is 9.78 Å². The van der Waals surface area contributed by atoms with E-state index in [1.54, 1.807) is 18.0 Å². The first-order valence-electron chi connectivity index (χ1n) is 5.47. The molecule has 0 fully saturated rings. The number of aromatic nitrogens is 2. The lowest BCUT2D eigenvalue weighted by molar-refractivity contribution is 0.408. The summed E-state index contributed by atoms with van der Waals surface area (Å²) in [6.07, 6.45) is 1.79. The standard InChI is InChI=1S/C13H17N3O/c1-8-5-10(6-9(2)12(8)17-4)11-7-15-16(3)13(11)14/h5-7H,14H2,1-4H3. The Morgan fingerprint density at radius 1 is 1.24 bits per heavy atom. The highest BCUT2D eigenvalue weighted by molar-refractivity contribution is 5.75. The summed E-state index contributed by atoms with van der Waals surface area (Å²) in [6, 6.07) is 4.14. The van der Waals surface area contributed by atoms with E-state index < -0.39 is 0 Å². The van der Waals surface area contributed by atoms with Crippen molar-refractivity contribution in [2.45, 2.75) is 13.8 Å². The first-order valence-corrected chi connectivity index (χ1v) is 5.47. The Hall–Kier alpha value is -1.97. The normalized spacial score (nSPS) is 10.6. The molecule has 0 atom stereocenters. The largest absolute Gasteiger partial charge is 0.496 e. The number of methoxy groups -OCH3 is 1. The molecule has 0 saturated carbocycles. The van der Waals surface area contributed by atoms with Crippen molar-refractivity contribution in [3.05, 3.63) is 29.5 Å². The summed E-state index contributed by atoms with van der Waals surface area (Å²) in [6.45, 7) is 4.06. The fourth-order valence-electron chi connectivity index (χ4n) is 2.10. The number of hydrogen-bond acceptors (Lipinski definition) is 3. The minimum Gasteiger partial charge on any atom is -0.496 e. The summed E-state index contributed by atoms with van der Waals surface area (Å²) in [5.74, 6) is 1.60. The molecule has 1 aromatic heterocycles. The van der Waals surface area contributed by atoms with Gasteiger partial charge in [0.05, 0.1) is 13.3 Å². The Bertz CT molecular complexity index is 535. The van der Waals surface area contributed by atoms with Crippen molar-refractivity contribution >= 4 is 5.82 Å². The van der Waals surface area contributed by atoms with Gasteiger partial charge in [-0.2, -0.15) is 5.10 Å². The van der Waals surface area contributed by atoms with E-state index in [1.165, 1.54) is 0 Å². The van der Waals surface area contributed by atoms with E-state index in [2.05, 4.69) is 17.2 Å². The van der Waals surface area contributed by atoms with Crippen LogP contribution in [0.25, 0.3) is 11.1 Å². The van der Waals surface area contributed by atoms with Crippen LogP contribution in [-0.2, 0) is 7.05 Å². The zero-order chi connectivity index (χ0) is 12.6. The number of ether oxygens (including phenoxy) is 1. The lowest BCUT2D eigenvalue weighted by Gasteiger charge is -2.11. The van der Waals surface area contributed by atoms with Crippen LogP contribution in [0, 0.1) is 13.8 Å². The lowest BCUT2D eigenvalue weighted by atomic mass is 10.0. The fourth-order valence-corrected chi connectivity index (χ4v) is 2.10. The Kier molecular flexibility index (Phi) is 2.79. The minimum absolute atomic E-state index is 0.675. The van der Waals surface area contributed by atoms with E-state index in [1.807, 2.05) is 20.9 Å². The van der Waals surface area contributed by atoms with E-state index in [0.717, 1.165) is 28.0 Å². The molecule has 1 aromatic carbocycles. The van der Waals surface area contributed by atoms with Crippen LogP contribution in [0.2, 0.25) is 0 Å². The van der Waals surface area contributed by atoms with Gasteiger partial charge in [0.2, 0.25) is 0 Å². The van der Waals surface area contributed by atoms with Crippen molar-refractivity contribution in [3.8, 4) is 16.9 Å². The zero-order valence-electron chi connectivity index (χ0n) is 10.6. The van der Waals surface area contributed by atoms with Gasteiger partial charge in [-0.05, 0) is 42.7 Å². The first-order chi connectivity index (χ1) is 8.04. The van der Waals surface area contributed by atoms with Gasteiger partial charge in [-0.3, -0.25) is 4.68 Å². The van der Waals surface area contributed by atoms with Crippen molar-refractivity contribution in [1.29, 1.82) is 0 Å². The number of anilines is 1. The highest BCUT2D eigenvalue weighted by atomic mass is 16.5. The molecule has 90 valence electrons. The van der Waals surface area contributed by atoms with Gasteiger partial charge in [-0.1, -0.05) is 0 Å². The SMILES string of the molecule is COc1c(C)cc(-c2cnn(C)c2N)cc1C. The van der Waals surface area contributed by atoms with Gasteiger partial charge in [0.15, 0.2) is 0 Å². The molecule has 17 heavy (non-hydrogen) atoms. The summed E-state index contributed by atoms with van der Waals surface area (Å²) >= 11 is 0. The van der Waals surface area contributed by atoms with Crippen LogP contribution in [0.4, 0.5) is 5.82 Å². The minimum atomic E-state index is 0.675. The average Bonchev–Trinajstić information content (AvgIpc) is 2.59. The molecule has 2 aromatic rings. The maximum atomic E-state index is 5.97. The van der Waals surface area contributed by atoms with Gasteiger partial charge in [0.25, 0.3) is 0 Å². The third-order valence-corrected chi connectivity index (χ3v) is 2.96. The third-order valence-electron chi connectivity index (χ3n) is 2.96. The van der Waals surface area contributed by atoms with Gasteiger partial charge >= 0.3 is 0 Å². The van der Waals surface area contributed by atoms with Crippen LogP contribution in [0.1, 0.15) is 11.1 Å². The molecule has 4 nitrogen and oxygen atoms in total. The maximum Gasteiger partial charge on any atom is 0.129 e. The highest BCUT2D eigenvalue weighted by Gasteiger charge is 2.11. The van der Waals surface area contributed by atoms with E-state index >= 15 is 0 Å². The number of aryl methyl sites for hydroxylation is 3. The molecule has 0 spiro atoms. The average molecular weight is 231 g/mol. The Morgan fingerprint density at radius 2 is 1.82 bits per heavy atom. The van der Waals surface area contributed by atoms with Crippen molar-refractivity contribution in [2.24, 2.45) is 7.05 Å². The van der Waals surface area contributed by atoms with Crippen LogP contribution in [0.5, 0.6) is 5.75 Å². The molecular formula is C13H17N3O. The van der Waals surface area contributed by atoms with E-state index in [0.29, 0.717) is 5.82 Å². The summed E-state index contributed by atoms with van der Waals surface area (Å²) < 4.78 is 7.02. The smallest absolute Gasteiger partial charge is 0.129 e. The fraction of sp³-hybridized carbons (Fsp3) is 0.308. The monoisotopic (exact) mass is 231 g/mol. The molecule has 2 rings (SSSR count). The summed E-state index contributed by atoms with van der Waals surface area (Å²) in [5, 5.41) is 4.15. The second kappa shape index (κ2) is 4.13. The highest BCUT2D eigenvalue weighted by Crippen LogP contribution is 2.32. The summed E-state index contributed by atoms with van der Waals surface area (Å²) in [7, 11) is 3.52. The van der Waals surface area contributed by atoms with Gasteiger partial charge in [-0.25, -0.2) is 0 Å². The molecule has 1 heterocycles. The second-order valence-corrected chi connectivity index (χ2v) is 4.21. The van der Waals surface area contributed by atoms with Crippen LogP contribution in [0.3, 0.4) is 0 Å². The predicted octanol–water partition coefficient (Wildman–Crippen LogP) is 2.29. The predicted molar refractivity (Wildman–Crippen MR) is 69.1 cm³/mol. The molecule has 0 radical (unpaired) electrons. The number of nitrogens with two attached hydrogens (primary N) is 1. The van der Waals surface area contributed by atoms with Gasteiger partial charge in [0.1, 0.15) is 11.6 Å². The number of nitrogens with zero attached hydrogens (tertiary/aromatic N) is 2. The molecule has 0 amide bonds. The van der Waals surface area contributed by atoms with E-state index in [9.17, 15) is 0 Å². The quantitative estimate of drug-likeness (QED) is 0.862. The Balaban J connectivity index is 2.58. The van der Waals surface area contributed by atoms with Crippen molar-refractivity contribution in [3.63, 3.8) is 0 Å². The Labute approximate surface area is 101 Å². The first kappa shape index (κ1) is 11.5. The molecule has 0 unspecified atom stereocenters. The van der Waals surface area contributed by atoms with Crippen LogP contribution in [-0.4, -0.2) is 16.9 Å². The van der Waals surface area contributed by atoms with E-state index in [4.69, 9.17) is 10.5 Å². The maximum absolute atomic E-state index is 5.97. The van der Waals surface area contributed by atoms with Gasteiger partial charge in [-0.15, -0.1) is 0 Å². The number of rotatable bonds is 2. The van der Waals surface area contributed by atoms with E-state index in [-0.39, 0.29) is 0 Å². The molecule has 0 aliphatic rings. The topological polar surface area (TPSA) is 53.1 Å². The molecular weight excluding hydrogens is 214 g/mol. The van der Waals surface area contributed by atoms with Crippen LogP contribution >= 0.6 is 0 Å². The number of nitrogen functional groups attached to an aromatic ring is 1. The number of benzene rings is 1. The van der Waals surface area contributed by atoms with Gasteiger partial charge < -0.3 is 10.5 Å². The molecule has 4 heteroatoms. The summed E-state index contributed by atoms with van der Waals surface area (Å²) in [5.41, 5.74) is 10.2.